The van der Waals surface area contributed by atoms with Crippen molar-refractivity contribution in [1.82, 2.24) is 10.2 Å². The molecule has 4 heteroatoms. The van der Waals surface area contributed by atoms with E-state index in [1.54, 1.807) is 12.1 Å². The number of phenolic OH excluding ortho intramolecular Hbond substituents is 2. The van der Waals surface area contributed by atoms with Crippen molar-refractivity contribution >= 4 is 0 Å². The van der Waals surface area contributed by atoms with Crippen molar-refractivity contribution in [1.29, 1.82) is 0 Å². The lowest BCUT2D eigenvalue weighted by Crippen LogP contribution is -2.21. The molecular weight excluding hydrogens is 228 g/mol. The molecule has 0 spiro atoms. The second-order valence-electron chi connectivity index (χ2n) is 4.93. The van der Waals surface area contributed by atoms with Gasteiger partial charge in [-0.2, -0.15) is 0 Å². The molecular formula is C14H24N2O2. The molecule has 0 fully saturated rings. The summed E-state index contributed by atoms with van der Waals surface area (Å²) in [6.45, 7) is 4.04. The largest absolute Gasteiger partial charge is 0.508 e. The number of nitrogens with one attached hydrogen (secondary N) is 1. The zero-order chi connectivity index (χ0) is 13.5. The Morgan fingerprint density at radius 2 is 1.94 bits per heavy atom. The van der Waals surface area contributed by atoms with E-state index in [0.29, 0.717) is 0 Å². The van der Waals surface area contributed by atoms with Crippen LogP contribution in [0.2, 0.25) is 0 Å². The van der Waals surface area contributed by atoms with Crippen molar-refractivity contribution in [3.8, 4) is 11.5 Å². The van der Waals surface area contributed by atoms with Gasteiger partial charge in [0.1, 0.15) is 11.5 Å². The van der Waals surface area contributed by atoms with Gasteiger partial charge in [-0.15, -0.1) is 0 Å². The van der Waals surface area contributed by atoms with Crippen LogP contribution in [0.5, 0.6) is 11.5 Å². The zero-order valence-corrected chi connectivity index (χ0v) is 11.5. The number of hydrogen-bond donors (Lipinski definition) is 3. The summed E-state index contributed by atoms with van der Waals surface area (Å²) in [6.07, 6.45) is 2.27. The molecule has 0 aliphatic rings. The van der Waals surface area contributed by atoms with E-state index >= 15 is 0 Å². The van der Waals surface area contributed by atoms with Gasteiger partial charge in [-0.25, -0.2) is 0 Å². The Hall–Kier alpha value is -1.26. The minimum atomic E-state index is 0.0879. The topological polar surface area (TPSA) is 55.7 Å². The summed E-state index contributed by atoms with van der Waals surface area (Å²) in [5, 5.41) is 22.3. The summed E-state index contributed by atoms with van der Waals surface area (Å²) in [5.41, 5.74) is 0.820. The fourth-order valence-electron chi connectivity index (χ4n) is 1.88. The molecule has 0 aliphatic heterocycles. The molecule has 0 amide bonds. The van der Waals surface area contributed by atoms with Gasteiger partial charge >= 0.3 is 0 Å². The molecule has 18 heavy (non-hydrogen) atoms. The van der Waals surface area contributed by atoms with Gasteiger partial charge in [0, 0.05) is 17.7 Å². The Kier molecular flexibility index (Phi) is 5.95. The molecule has 1 rings (SSSR count). The van der Waals surface area contributed by atoms with Crippen LogP contribution in [0.3, 0.4) is 0 Å². The first-order valence-electron chi connectivity index (χ1n) is 6.40. The summed E-state index contributed by atoms with van der Waals surface area (Å²) < 4.78 is 0. The molecule has 0 saturated heterocycles. The first-order valence-corrected chi connectivity index (χ1v) is 6.40. The predicted octanol–water partition coefficient (Wildman–Crippen LogP) is 2.09. The van der Waals surface area contributed by atoms with E-state index in [1.165, 1.54) is 6.07 Å². The highest BCUT2D eigenvalue weighted by Gasteiger charge is 2.09. The lowest BCUT2D eigenvalue weighted by Gasteiger charge is -2.16. The number of aromatic hydroxyl groups is 2. The lowest BCUT2D eigenvalue weighted by atomic mass is 10.1. The lowest BCUT2D eigenvalue weighted by molar-refractivity contribution is 0.388. The molecule has 0 saturated carbocycles. The second kappa shape index (κ2) is 7.24. The van der Waals surface area contributed by atoms with Gasteiger partial charge in [-0.3, -0.25) is 0 Å². The van der Waals surface area contributed by atoms with Gasteiger partial charge in [-0.1, -0.05) is 6.07 Å². The molecule has 0 bridgehead atoms. The van der Waals surface area contributed by atoms with Crippen molar-refractivity contribution in [2.24, 2.45) is 0 Å². The number of benzene rings is 1. The maximum atomic E-state index is 9.73. The average Bonchev–Trinajstić information content (AvgIpc) is 2.27. The zero-order valence-electron chi connectivity index (χ0n) is 11.5. The van der Waals surface area contributed by atoms with Gasteiger partial charge in [-0.05, 0) is 53.0 Å². The standard InChI is InChI=1S/C14H24N2O2/c1-11(15-8-4-5-9-16(2)3)13-7-6-12(17)10-14(13)18/h6-7,10-11,15,17-18H,4-5,8-9H2,1-3H3. The Balaban J connectivity index is 2.34. The van der Waals surface area contributed by atoms with E-state index in [-0.39, 0.29) is 17.5 Å². The van der Waals surface area contributed by atoms with E-state index in [0.717, 1.165) is 31.5 Å². The van der Waals surface area contributed by atoms with Crippen LogP contribution in [0, 0.1) is 0 Å². The van der Waals surface area contributed by atoms with Crippen LogP contribution in [-0.4, -0.2) is 42.3 Å². The summed E-state index contributed by atoms with van der Waals surface area (Å²) in [6, 6.07) is 4.81. The third-order valence-electron chi connectivity index (χ3n) is 2.96. The third-order valence-corrected chi connectivity index (χ3v) is 2.96. The SMILES string of the molecule is CC(NCCCCN(C)C)c1ccc(O)cc1O. The Morgan fingerprint density at radius 1 is 1.22 bits per heavy atom. The van der Waals surface area contributed by atoms with Crippen molar-refractivity contribution in [2.75, 3.05) is 27.2 Å². The fourth-order valence-corrected chi connectivity index (χ4v) is 1.88. The van der Waals surface area contributed by atoms with Crippen LogP contribution in [0.4, 0.5) is 0 Å². The van der Waals surface area contributed by atoms with E-state index in [2.05, 4.69) is 24.3 Å². The molecule has 0 aromatic heterocycles. The number of phenols is 2. The smallest absolute Gasteiger partial charge is 0.124 e. The van der Waals surface area contributed by atoms with E-state index in [4.69, 9.17) is 0 Å². The van der Waals surface area contributed by atoms with E-state index < -0.39 is 0 Å². The molecule has 102 valence electrons. The highest BCUT2D eigenvalue weighted by molar-refractivity contribution is 5.40. The van der Waals surface area contributed by atoms with Crippen molar-refractivity contribution in [2.45, 2.75) is 25.8 Å². The number of nitrogens with zero attached hydrogens (tertiary/aromatic N) is 1. The van der Waals surface area contributed by atoms with Crippen molar-refractivity contribution < 1.29 is 10.2 Å². The third kappa shape index (κ3) is 4.94. The Bertz CT molecular complexity index is 367. The minimum absolute atomic E-state index is 0.0879. The van der Waals surface area contributed by atoms with Crippen LogP contribution in [0.1, 0.15) is 31.4 Å². The first kappa shape index (κ1) is 14.8. The van der Waals surface area contributed by atoms with Crippen molar-refractivity contribution in [3.05, 3.63) is 23.8 Å². The average molecular weight is 252 g/mol. The van der Waals surface area contributed by atoms with Crippen LogP contribution < -0.4 is 5.32 Å². The maximum absolute atomic E-state index is 9.73. The molecule has 4 nitrogen and oxygen atoms in total. The monoisotopic (exact) mass is 252 g/mol. The van der Waals surface area contributed by atoms with Gasteiger partial charge in [0.25, 0.3) is 0 Å². The quantitative estimate of drug-likeness (QED) is 0.650. The van der Waals surface area contributed by atoms with Gasteiger partial charge in [0.2, 0.25) is 0 Å². The van der Waals surface area contributed by atoms with Crippen LogP contribution in [-0.2, 0) is 0 Å². The first-order chi connectivity index (χ1) is 8.50. The summed E-state index contributed by atoms with van der Waals surface area (Å²) in [7, 11) is 4.15. The Labute approximate surface area is 109 Å². The molecule has 0 radical (unpaired) electrons. The summed E-state index contributed by atoms with van der Waals surface area (Å²) in [4.78, 5) is 2.18. The van der Waals surface area contributed by atoms with Gasteiger partial charge in [0.15, 0.2) is 0 Å². The number of unbranched alkanes of at least 4 members (excludes halogenated alkanes) is 1. The second-order valence-corrected chi connectivity index (χ2v) is 4.93. The minimum Gasteiger partial charge on any atom is -0.508 e. The number of hydrogen-bond acceptors (Lipinski definition) is 4. The number of rotatable bonds is 7. The predicted molar refractivity (Wildman–Crippen MR) is 74.0 cm³/mol. The summed E-state index contributed by atoms with van der Waals surface area (Å²) in [5.74, 6) is 0.234. The normalized spacial score (nSPS) is 12.9. The highest BCUT2D eigenvalue weighted by atomic mass is 16.3. The molecule has 1 unspecified atom stereocenters. The fraction of sp³-hybridized carbons (Fsp3) is 0.571. The Morgan fingerprint density at radius 3 is 2.56 bits per heavy atom. The van der Waals surface area contributed by atoms with E-state index in [1.807, 2.05) is 6.92 Å². The molecule has 3 N–H and O–H groups in total. The van der Waals surface area contributed by atoms with E-state index in [9.17, 15) is 10.2 Å². The highest BCUT2D eigenvalue weighted by Crippen LogP contribution is 2.27. The molecule has 0 aliphatic carbocycles. The maximum Gasteiger partial charge on any atom is 0.124 e. The summed E-state index contributed by atoms with van der Waals surface area (Å²) >= 11 is 0. The molecule has 1 aromatic carbocycles. The molecule has 1 atom stereocenters. The van der Waals surface area contributed by atoms with Crippen LogP contribution in [0.15, 0.2) is 18.2 Å². The van der Waals surface area contributed by atoms with Gasteiger partial charge in [0.05, 0.1) is 0 Å². The van der Waals surface area contributed by atoms with Crippen molar-refractivity contribution in [3.63, 3.8) is 0 Å². The molecule has 1 aromatic rings. The van der Waals surface area contributed by atoms with Crippen LogP contribution >= 0.6 is 0 Å². The molecule has 0 heterocycles. The van der Waals surface area contributed by atoms with Crippen LogP contribution in [0.25, 0.3) is 0 Å². The van der Waals surface area contributed by atoms with Gasteiger partial charge < -0.3 is 20.4 Å².